The van der Waals surface area contributed by atoms with E-state index in [1.54, 1.807) is 30.7 Å². The minimum Gasteiger partial charge on any atom is -0.345 e. The Hall–Kier alpha value is -4.40. The number of carbonyl (C=O) groups excluding carboxylic acids is 1. The fraction of sp³-hybridized carbons (Fsp3) is 0.0833. The maximum absolute atomic E-state index is 14.4. The Kier molecular flexibility index (Phi) is 5.35. The molecule has 2 heterocycles. The predicted molar refractivity (Wildman–Crippen MR) is 119 cm³/mol. The molecule has 5 rings (SSSR count). The van der Waals surface area contributed by atoms with E-state index in [1.165, 1.54) is 21.7 Å². The Bertz CT molecular complexity index is 1410. The number of halogens is 2. The second-order valence-corrected chi connectivity index (χ2v) is 7.44. The normalized spacial score (nSPS) is 11.1. The van der Waals surface area contributed by atoms with Gasteiger partial charge in [-0.3, -0.25) is 4.79 Å². The van der Waals surface area contributed by atoms with Crippen molar-refractivity contribution >= 4 is 22.6 Å². The minimum atomic E-state index is -0.976. The van der Waals surface area contributed by atoms with Crippen LogP contribution in [0, 0.1) is 11.6 Å². The zero-order chi connectivity index (χ0) is 22.8. The van der Waals surface area contributed by atoms with Crippen LogP contribution in [0.4, 0.5) is 14.5 Å². The summed E-state index contributed by atoms with van der Waals surface area (Å²) in [5.74, 6) is -2.28. The summed E-state index contributed by atoms with van der Waals surface area (Å²) in [6, 6.07) is 18.4. The van der Waals surface area contributed by atoms with Gasteiger partial charge in [0.2, 0.25) is 5.91 Å². The number of fused-ring (bicyclic) bond motifs is 1. The quantitative estimate of drug-likeness (QED) is 0.423. The van der Waals surface area contributed by atoms with Crippen LogP contribution >= 0.6 is 0 Å². The Balaban J connectivity index is 1.49. The molecule has 0 aliphatic rings. The van der Waals surface area contributed by atoms with Crippen LogP contribution in [-0.2, 0) is 17.9 Å². The average Bonchev–Trinajstić information content (AvgIpc) is 3.51. The predicted octanol–water partition coefficient (Wildman–Crippen LogP) is 4.33. The monoisotopic (exact) mass is 444 g/mol. The lowest BCUT2D eigenvalue weighted by molar-refractivity contribution is -0.119. The molecule has 0 saturated heterocycles. The second kappa shape index (κ2) is 8.62. The van der Waals surface area contributed by atoms with E-state index in [2.05, 4.69) is 20.3 Å². The molecule has 0 saturated carbocycles. The van der Waals surface area contributed by atoms with Crippen molar-refractivity contribution in [2.24, 2.45) is 0 Å². The van der Waals surface area contributed by atoms with E-state index in [-0.39, 0.29) is 24.6 Å². The van der Waals surface area contributed by atoms with E-state index in [0.29, 0.717) is 16.7 Å². The largest absolute Gasteiger partial charge is 0.345 e. The first kappa shape index (κ1) is 20.5. The third-order valence-electron chi connectivity index (χ3n) is 5.35. The number of aromatic amines is 1. The summed E-state index contributed by atoms with van der Waals surface area (Å²) in [4.78, 5) is 21.8. The van der Waals surface area contributed by atoms with Gasteiger partial charge < -0.3 is 9.88 Å². The molecule has 0 bridgehead atoms. The zero-order valence-corrected chi connectivity index (χ0v) is 17.3. The molecule has 0 radical (unpaired) electrons. The zero-order valence-electron chi connectivity index (χ0n) is 17.3. The van der Waals surface area contributed by atoms with Gasteiger partial charge in [0, 0.05) is 11.3 Å². The first-order chi connectivity index (χ1) is 16.1. The van der Waals surface area contributed by atoms with Gasteiger partial charge in [-0.05, 0) is 35.9 Å². The number of hydrogen-bond acceptors (Lipinski definition) is 4. The van der Waals surface area contributed by atoms with E-state index in [1.807, 2.05) is 30.3 Å². The highest BCUT2D eigenvalue weighted by molar-refractivity contribution is 5.94. The number of H-pyrrole nitrogens is 1. The Morgan fingerprint density at radius 1 is 1.00 bits per heavy atom. The van der Waals surface area contributed by atoms with Crippen LogP contribution in [0.2, 0.25) is 0 Å². The lowest BCUT2D eigenvalue weighted by atomic mass is 10.1. The van der Waals surface area contributed by atoms with Gasteiger partial charge in [-0.15, -0.1) is 5.10 Å². The molecule has 33 heavy (non-hydrogen) atoms. The smallest absolute Gasteiger partial charge is 0.249 e. The van der Waals surface area contributed by atoms with Crippen molar-refractivity contribution in [3.8, 4) is 11.3 Å². The number of para-hydroxylation sites is 1. The number of amides is 1. The lowest BCUT2D eigenvalue weighted by Gasteiger charge is -2.24. The van der Waals surface area contributed by atoms with Crippen molar-refractivity contribution in [1.82, 2.24) is 25.0 Å². The van der Waals surface area contributed by atoms with Crippen molar-refractivity contribution in [2.75, 3.05) is 4.90 Å². The van der Waals surface area contributed by atoms with Crippen molar-refractivity contribution in [3.05, 3.63) is 96.5 Å². The molecule has 0 aliphatic carbocycles. The van der Waals surface area contributed by atoms with Gasteiger partial charge >= 0.3 is 0 Å². The van der Waals surface area contributed by atoms with Crippen LogP contribution in [-0.4, -0.2) is 30.9 Å². The first-order valence-electron chi connectivity index (χ1n) is 10.2. The molecule has 2 aromatic heterocycles. The van der Waals surface area contributed by atoms with Crippen molar-refractivity contribution in [2.45, 2.75) is 13.1 Å². The molecule has 1 N–H and O–H groups in total. The van der Waals surface area contributed by atoms with Gasteiger partial charge in [-0.2, -0.15) is 0 Å². The maximum atomic E-state index is 14.4. The van der Waals surface area contributed by atoms with Gasteiger partial charge in [-0.25, -0.2) is 18.4 Å². The van der Waals surface area contributed by atoms with E-state index in [9.17, 15) is 13.6 Å². The molecule has 9 heteroatoms. The molecule has 0 unspecified atom stereocenters. The Labute approximate surface area is 187 Å². The summed E-state index contributed by atoms with van der Waals surface area (Å²) < 4.78 is 29.7. The number of carbonyl (C=O) groups is 1. The van der Waals surface area contributed by atoms with E-state index >= 15 is 0 Å². The number of hydrogen-bond donors (Lipinski definition) is 1. The highest BCUT2D eigenvalue weighted by Crippen LogP contribution is 2.25. The van der Waals surface area contributed by atoms with Gasteiger partial charge in [0.1, 0.15) is 12.1 Å². The van der Waals surface area contributed by atoms with Gasteiger partial charge in [0.15, 0.2) is 11.6 Å². The van der Waals surface area contributed by atoms with Crippen LogP contribution in [0.25, 0.3) is 22.3 Å². The minimum absolute atomic E-state index is 0.0736. The van der Waals surface area contributed by atoms with E-state index in [4.69, 9.17) is 0 Å². The molecule has 164 valence electrons. The number of nitrogens with zero attached hydrogens (tertiary/aromatic N) is 5. The SMILES string of the molecule is O=C(Cn1nnc2ccccc21)N(Cc1cccc(F)c1F)c1ccc(-c2cnc[nH]2)cc1. The van der Waals surface area contributed by atoms with E-state index < -0.39 is 11.6 Å². The number of anilines is 1. The van der Waals surface area contributed by atoms with Crippen LogP contribution in [0.5, 0.6) is 0 Å². The number of imidazole rings is 1. The van der Waals surface area contributed by atoms with Crippen LogP contribution in [0.1, 0.15) is 5.56 Å². The molecule has 0 fully saturated rings. The summed E-state index contributed by atoms with van der Waals surface area (Å²) in [6.07, 6.45) is 3.27. The first-order valence-corrected chi connectivity index (χ1v) is 10.2. The number of aromatic nitrogens is 5. The highest BCUT2D eigenvalue weighted by Gasteiger charge is 2.21. The van der Waals surface area contributed by atoms with E-state index in [0.717, 1.165) is 17.3 Å². The Morgan fingerprint density at radius 3 is 2.61 bits per heavy atom. The molecule has 7 nitrogen and oxygen atoms in total. The lowest BCUT2D eigenvalue weighted by Crippen LogP contribution is -2.34. The number of rotatable bonds is 6. The molecular weight excluding hydrogens is 426 g/mol. The second-order valence-electron chi connectivity index (χ2n) is 7.44. The summed E-state index contributed by atoms with van der Waals surface area (Å²) in [5, 5.41) is 8.15. The van der Waals surface area contributed by atoms with Crippen molar-refractivity contribution in [3.63, 3.8) is 0 Å². The molecule has 0 spiro atoms. The molecular formula is C24H18F2N6O. The molecule has 1 amide bonds. The fourth-order valence-corrected chi connectivity index (χ4v) is 3.65. The molecule has 5 aromatic rings. The van der Waals surface area contributed by atoms with Crippen molar-refractivity contribution < 1.29 is 13.6 Å². The standard InChI is InChI=1S/C24H18F2N6O/c25-19-5-3-4-17(24(19)26)13-31(18-10-8-16(9-11-18)21-12-27-15-28-21)23(33)14-32-22-7-2-1-6-20(22)29-30-32/h1-12,15H,13-14H2,(H,27,28). The third kappa shape index (κ3) is 4.08. The average molecular weight is 444 g/mol. The summed E-state index contributed by atoms with van der Waals surface area (Å²) in [6.45, 7) is -0.252. The van der Waals surface area contributed by atoms with Gasteiger partial charge in [0.25, 0.3) is 0 Å². The highest BCUT2D eigenvalue weighted by atomic mass is 19.2. The van der Waals surface area contributed by atoms with Gasteiger partial charge in [-0.1, -0.05) is 41.6 Å². The molecule has 0 atom stereocenters. The summed E-state index contributed by atoms with van der Waals surface area (Å²) >= 11 is 0. The summed E-state index contributed by atoms with van der Waals surface area (Å²) in [5.41, 5.74) is 3.68. The van der Waals surface area contributed by atoms with Crippen LogP contribution in [0.3, 0.4) is 0 Å². The topological polar surface area (TPSA) is 79.7 Å². The summed E-state index contributed by atoms with van der Waals surface area (Å²) in [7, 11) is 0. The third-order valence-corrected chi connectivity index (χ3v) is 5.35. The number of nitrogens with one attached hydrogen (secondary N) is 1. The fourth-order valence-electron chi connectivity index (χ4n) is 3.65. The molecule has 0 aliphatic heterocycles. The van der Waals surface area contributed by atoms with Crippen molar-refractivity contribution in [1.29, 1.82) is 0 Å². The molecule has 3 aromatic carbocycles. The van der Waals surface area contributed by atoms with Crippen LogP contribution < -0.4 is 4.90 Å². The van der Waals surface area contributed by atoms with Crippen LogP contribution in [0.15, 0.2) is 79.3 Å². The Morgan fingerprint density at radius 2 is 1.82 bits per heavy atom. The van der Waals surface area contributed by atoms with Gasteiger partial charge in [0.05, 0.1) is 30.3 Å². The number of benzene rings is 3. The maximum Gasteiger partial charge on any atom is 0.249 e.